The number of benzene rings is 2. The summed E-state index contributed by atoms with van der Waals surface area (Å²) in [5.41, 5.74) is 0.737. The summed E-state index contributed by atoms with van der Waals surface area (Å²) in [6, 6.07) is 16.6. The largest absolute Gasteiger partial charge is 0.493 e. The maximum atomic E-state index is 12.8. The number of amides is 1. The summed E-state index contributed by atoms with van der Waals surface area (Å²) in [6.07, 6.45) is 5.23. The van der Waals surface area contributed by atoms with Crippen molar-refractivity contribution in [2.24, 2.45) is 5.92 Å². The topological polar surface area (TPSA) is 76.6 Å². The summed E-state index contributed by atoms with van der Waals surface area (Å²) in [5, 5.41) is 3.01. The standard InChI is InChI=1S/C23H24N4O3/c1-29-20-7-2-3-8-21(20)30-19-11-9-18(10-12-19)26-22(28)17-6-4-15-27(16-17)23-24-13-5-14-25-23/h2-3,5,7-14,17H,4,6,15-16H2,1H3,(H,26,28). The first-order valence-electron chi connectivity index (χ1n) is 9.96. The molecule has 0 aliphatic carbocycles. The van der Waals surface area contributed by atoms with E-state index in [-0.39, 0.29) is 11.8 Å². The molecule has 2 heterocycles. The minimum absolute atomic E-state index is 0.00836. The second-order valence-electron chi connectivity index (χ2n) is 7.10. The SMILES string of the molecule is COc1ccccc1Oc1ccc(NC(=O)C2CCCN(c3ncccn3)C2)cc1. The van der Waals surface area contributed by atoms with Gasteiger partial charge in [0.2, 0.25) is 11.9 Å². The lowest BCUT2D eigenvalue weighted by atomic mass is 9.97. The van der Waals surface area contributed by atoms with E-state index in [9.17, 15) is 4.79 Å². The van der Waals surface area contributed by atoms with Gasteiger partial charge in [0.25, 0.3) is 0 Å². The smallest absolute Gasteiger partial charge is 0.229 e. The van der Waals surface area contributed by atoms with Crippen molar-refractivity contribution >= 4 is 17.5 Å². The van der Waals surface area contributed by atoms with E-state index in [1.807, 2.05) is 48.5 Å². The lowest BCUT2D eigenvalue weighted by Gasteiger charge is -2.31. The van der Waals surface area contributed by atoms with Gasteiger partial charge in [-0.25, -0.2) is 9.97 Å². The first-order valence-corrected chi connectivity index (χ1v) is 9.96. The Morgan fingerprint density at radius 2 is 1.77 bits per heavy atom. The molecular weight excluding hydrogens is 380 g/mol. The Kier molecular flexibility index (Phi) is 6.08. The van der Waals surface area contributed by atoms with Crippen LogP contribution in [0, 0.1) is 5.92 Å². The van der Waals surface area contributed by atoms with Crippen molar-refractivity contribution < 1.29 is 14.3 Å². The van der Waals surface area contributed by atoms with Crippen LogP contribution >= 0.6 is 0 Å². The van der Waals surface area contributed by atoms with Crippen molar-refractivity contribution in [3.8, 4) is 17.2 Å². The summed E-state index contributed by atoms with van der Waals surface area (Å²) < 4.78 is 11.2. The van der Waals surface area contributed by atoms with Crippen LogP contribution in [0.5, 0.6) is 17.2 Å². The highest BCUT2D eigenvalue weighted by atomic mass is 16.5. The molecule has 3 aromatic rings. The van der Waals surface area contributed by atoms with Crippen molar-refractivity contribution in [2.45, 2.75) is 12.8 Å². The Morgan fingerprint density at radius 1 is 1.03 bits per heavy atom. The van der Waals surface area contributed by atoms with E-state index in [0.717, 1.165) is 25.1 Å². The van der Waals surface area contributed by atoms with Crippen LogP contribution in [-0.2, 0) is 4.79 Å². The second kappa shape index (κ2) is 9.26. The fourth-order valence-corrected chi connectivity index (χ4v) is 3.51. The number of methoxy groups -OCH3 is 1. The quantitative estimate of drug-likeness (QED) is 0.666. The highest BCUT2D eigenvalue weighted by Crippen LogP contribution is 2.31. The molecule has 1 unspecified atom stereocenters. The Labute approximate surface area is 175 Å². The van der Waals surface area contributed by atoms with Gasteiger partial charge in [-0.1, -0.05) is 12.1 Å². The van der Waals surface area contributed by atoms with Crippen LogP contribution in [0.25, 0.3) is 0 Å². The molecule has 1 N–H and O–H groups in total. The Morgan fingerprint density at radius 3 is 2.50 bits per heavy atom. The van der Waals surface area contributed by atoms with Crippen molar-refractivity contribution in [1.29, 1.82) is 0 Å². The number of aromatic nitrogens is 2. The number of rotatable bonds is 6. The maximum Gasteiger partial charge on any atom is 0.229 e. The number of anilines is 2. The average molecular weight is 404 g/mol. The number of carbonyl (C=O) groups excluding carboxylic acids is 1. The van der Waals surface area contributed by atoms with Crippen molar-refractivity contribution in [1.82, 2.24) is 9.97 Å². The summed E-state index contributed by atoms with van der Waals surface area (Å²) in [5.74, 6) is 2.55. The number of carbonyl (C=O) groups is 1. The summed E-state index contributed by atoms with van der Waals surface area (Å²) in [4.78, 5) is 23.4. The minimum Gasteiger partial charge on any atom is -0.493 e. The van der Waals surface area contributed by atoms with Crippen LogP contribution in [0.2, 0.25) is 0 Å². The summed E-state index contributed by atoms with van der Waals surface area (Å²) in [6.45, 7) is 1.48. The van der Waals surface area contributed by atoms with Gasteiger partial charge in [0.1, 0.15) is 5.75 Å². The van der Waals surface area contributed by atoms with Crippen LogP contribution in [0.15, 0.2) is 67.0 Å². The molecule has 1 fully saturated rings. The molecule has 0 bridgehead atoms. The number of nitrogens with zero attached hydrogens (tertiary/aromatic N) is 3. The number of para-hydroxylation sites is 2. The molecule has 7 nitrogen and oxygen atoms in total. The van der Waals surface area contributed by atoms with Crippen molar-refractivity contribution in [3.63, 3.8) is 0 Å². The maximum absolute atomic E-state index is 12.8. The predicted molar refractivity (Wildman–Crippen MR) is 115 cm³/mol. The third-order valence-corrected chi connectivity index (χ3v) is 5.05. The van der Waals surface area contributed by atoms with E-state index in [0.29, 0.717) is 29.7 Å². The van der Waals surface area contributed by atoms with E-state index in [2.05, 4.69) is 20.2 Å². The molecule has 0 radical (unpaired) electrons. The molecule has 7 heteroatoms. The molecule has 154 valence electrons. The Balaban J connectivity index is 1.36. The number of nitrogens with one attached hydrogen (secondary N) is 1. The average Bonchev–Trinajstić information content (AvgIpc) is 2.81. The van der Waals surface area contributed by atoms with E-state index in [1.165, 1.54) is 0 Å². The molecule has 1 saturated heterocycles. The normalized spacial score (nSPS) is 16.0. The van der Waals surface area contributed by atoms with Gasteiger partial charge in [0.15, 0.2) is 11.5 Å². The fraction of sp³-hybridized carbons (Fsp3) is 0.261. The monoisotopic (exact) mass is 404 g/mol. The molecule has 1 amide bonds. The van der Waals surface area contributed by atoms with Crippen molar-refractivity contribution in [2.75, 3.05) is 30.4 Å². The molecule has 0 spiro atoms. The summed E-state index contributed by atoms with van der Waals surface area (Å²) in [7, 11) is 1.61. The number of ether oxygens (including phenoxy) is 2. The van der Waals surface area contributed by atoms with Gasteiger partial charge < -0.3 is 19.7 Å². The Bertz CT molecular complexity index is 979. The molecule has 4 rings (SSSR count). The third-order valence-electron chi connectivity index (χ3n) is 5.05. The van der Waals surface area contributed by atoms with Gasteiger partial charge in [0, 0.05) is 31.2 Å². The van der Waals surface area contributed by atoms with Gasteiger partial charge in [-0.15, -0.1) is 0 Å². The highest BCUT2D eigenvalue weighted by molar-refractivity contribution is 5.93. The van der Waals surface area contributed by atoms with Crippen LogP contribution in [0.4, 0.5) is 11.6 Å². The predicted octanol–water partition coefficient (Wildman–Crippen LogP) is 4.13. The molecule has 1 aliphatic heterocycles. The van der Waals surface area contributed by atoms with E-state index < -0.39 is 0 Å². The lowest BCUT2D eigenvalue weighted by Crippen LogP contribution is -2.41. The van der Waals surface area contributed by atoms with E-state index in [1.54, 1.807) is 25.6 Å². The zero-order chi connectivity index (χ0) is 20.8. The Hall–Kier alpha value is -3.61. The highest BCUT2D eigenvalue weighted by Gasteiger charge is 2.27. The summed E-state index contributed by atoms with van der Waals surface area (Å²) >= 11 is 0. The molecule has 2 aromatic carbocycles. The van der Waals surface area contributed by atoms with E-state index in [4.69, 9.17) is 9.47 Å². The second-order valence-corrected chi connectivity index (χ2v) is 7.10. The fourth-order valence-electron chi connectivity index (χ4n) is 3.51. The number of piperidine rings is 1. The van der Waals surface area contributed by atoms with E-state index >= 15 is 0 Å². The number of hydrogen-bond acceptors (Lipinski definition) is 6. The lowest BCUT2D eigenvalue weighted by molar-refractivity contribution is -0.120. The van der Waals surface area contributed by atoms with Gasteiger partial charge in [0.05, 0.1) is 13.0 Å². The molecule has 1 aromatic heterocycles. The zero-order valence-electron chi connectivity index (χ0n) is 16.8. The first kappa shape index (κ1) is 19.7. The van der Waals surface area contributed by atoms with Gasteiger partial charge in [-0.05, 0) is 55.3 Å². The molecule has 0 saturated carbocycles. The minimum atomic E-state index is -0.105. The van der Waals surface area contributed by atoms with Crippen molar-refractivity contribution in [3.05, 3.63) is 67.0 Å². The van der Waals surface area contributed by atoms with Gasteiger partial charge >= 0.3 is 0 Å². The molecule has 1 aliphatic rings. The molecule has 30 heavy (non-hydrogen) atoms. The van der Waals surface area contributed by atoms with Crippen LogP contribution in [-0.4, -0.2) is 36.1 Å². The van der Waals surface area contributed by atoms with Gasteiger partial charge in [-0.2, -0.15) is 0 Å². The third kappa shape index (κ3) is 4.68. The van der Waals surface area contributed by atoms with Gasteiger partial charge in [-0.3, -0.25) is 4.79 Å². The zero-order valence-corrected chi connectivity index (χ0v) is 16.8. The van der Waals surface area contributed by atoms with Crippen LogP contribution < -0.4 is 19.7 Å². The number of hydrogen-bond donors (Lipinski definition) is 1. The van der Waals surface area contributed by atoms with Crippen LogP contribution in [0.3, 0.4) is 0 Å². The van der Waals surface area contributed by atoms with Crippen LogP contribution in [0.1, 0.15) is 12.8 Å². The molecule has 1 atom stereocenters. The molecular formula is C23H24N4O3. The first-order chi connectivity index (χ1) is 14.7.